The van der Waals surface area contributed by atoms with Crippen molar-refractivity contribution in [1.29, 1.82) is 0 Å². The Hall–Kier alpha value is -1.43. The topological polar surface area (TPSA) is 68.3 Å². The number of hydrogen-bond acceptors (Lipinski definition) is 5. The number of methoxy groups -OCH3 is 1. The van der Waals surface area contributed by atoms with Crippen LogP contribution in [0.25, 0.3) is 0 Å². The maximum Gasteiger partial charge on any atom is 0.311 e. The number of amides is 1. The number of carbonyl (C=O) groups is 2. The summed E-state index contributed by atoms with van der Waals surface area (Å²) in [6.07, 6.45) is 0.557. The Bertz CT molecular complexity index is 435. The summed E-state index contributed by atoms with van der Waals surface area (Å²) in [5.41, 5.74) is 0.550. The van der Waals surface area contributed by atoms with Crippen molar-refractivity contribution in [1.82, 2.24) is 4.98 Å². The number of ether oxygens (including phenoxy) is 1. The summed E-state index contributed by atoms with van der Waals surface area (Å²) in [5.74, 6) is -0.408. The maximum absolute atomic E-state index is 11.7. The van der Waals surface area contributed by atoms with Crippen molar-refractivity contribution < 1.29 is 14.3 Å². The van der Waals surface area contributed by atoms with Crippen molar-refractivity contribution in [2.75, 3.05) is 12.4 Å². The molecule has 100 valence electrons. The molecule has 0 aliphatic heterocycles. The van der Waals surface area contributed by atoms with E-state index in [0.29, 0.717) is 17.2 Å². The van der Waals surface area contributed by atoms with Crippen molar-refractivity contribution in [2.45, 2.75) is 33.6 Å². The molecule has 0 aromatic carbocycles. The van der Waals surface area contributed by atoms with Gasteiger partial charge in [-0.2, -0.15) is 0 Å². The van der Waals surface area contributed by atoms with Crippen LogP contribution in [-0.2, 0) is 20.7 Å². The molecular formula is C12H18N2O3S. The number of aromatic nitrogens is 1. The van der Waals surface area contributed by atoms with Gasteiger partial charge in [0.25, 0.3) is 0 Å². The Balaban J connectivity index is 2.54. The first kappa shape index (κ1) is 14.6. The molecule has 0 saturated heterocycles. The van der Waals surface area contributed by atoms with Crippen molar-refractivity contribution in [3.05, 3.63) is 11.1 Å². The first-order valence-electron chi connectivity index (χ1n) is 5.61. The quantitative estimate of drug-likeness (QED) is 0.852. The third-order valence-corrected chi connectivity index (χ3v) is 2.85. The van der Waals surface area contributed by atoms with Gasteiger partial charge in [-0.05, 0) is 5.41 Å². The Kier molecular flexibility index (Phi) is 4.84. The lowest BCUT2D eigenvalue weighted by Gasteiger charge is -2.16. The fourth-order valence-corrected chi connectivity index (χ4v) is 2.04. The fourth-order valence-electron chi connectivity index (χ4n) is 1.31. The van der Waals surface area contributed by atoms with E-state index in [1.165, 1.54) is 18.4 Å². The Labute approximate surface area is 111 Å². The van der Waals surface area contributed by atoms with E-state index in [-0.39, 0.29) is 23.7 Å². The third kappa shape index (κ3) is 5.27. The van der Waals surface area contributed by atoms with E-state index in [2.05, 4.69) is 15.0 Å². The van der Waals surface area contributed by atoms with Crippen LogP contribution in [0.3, 0.4) is 0 Å². The molecule has 1 N–H and O–H groups in total. The number of rotatable bonds is 4. The zero-order valence-corrected chi connectivity index (χ0v) is 11.9. The van der Waals surface area contributed by atoms with Crippen LogP contribution >= 0.6 is 11.3 Å². The highest BCUT2D eigenvalue weighted by atomic mass is 32.1. The van der Waals surface area contributed by atoms with Crippen LogP contribution in [0.15, 0.2) is 5.38 Å². The highest BCUT2D eigenvalue weighted by Gasteiger charge is 2.17. The van der Waals surface area contributed by atoms with Crippen LogP contribution in [0.1, 0.15) is 32.9 Å². The molecule has 1 aromatic heterocycles. The highest BCUT2D eigenvalue weighted by Crippen LogP contribution is 2.21. The van der Waals surface area contributed by atoms with Crippen LogP contribution < -0.4 is 5.32 Å². The minimum absolute atomic E-state index is 0.0593. The molecule has 0 atom stereocenters. The SMILES string of the molecule is COC(=O)Cc1csc(NC(=O)CC(C)(C)C)n1. The molecule has 0 bridgehead atoms. The number of esters is 1. The first-order valence-corrected chi connectivity index (χ1v) is 6.49. The number of hydrogen-bond donors (Lipinski definition) is 1. The number of nitrogens with zero attached hydrogens (tertiary/aromatic N) is 1. The predicted molar refractivity (Wildman–Crippen MR) is 70.5 cm³/mol. The van der Waals surface area contributed by atoms with E-state index >= 15 is 0 Å². The van der Waals surface area contributed by atoms with Crippen LogP contribution in [0.4, 0.5) is 5.13 Å². The lowest BCUT2D eigenvalue weighted by molar-refractivity contribution is -0.139. The first-order chi connectivity index (χ1) is 8.30. The van der Waals surface area contributed by atoms with Crippen LogP contribution in [-0.4, -0.2) is 24.0 Å². The number of anilines is 1. The van der Waals surface area contributed by atoms with Crippen LogP contribution in [0.2, 0.25) is 0 Å². The van der Waals surface area contributed by atoms with Crippen LogP contribution in [0, 0.1) is 5.41 Å². The van der Waals surface area contributed by atoms with Gasteiger partial charge >= 0.3 is 5.97 Å². The Morgan fingerprint density at radius 3 is 2.67 bits per heavy atom. The molecule has 1 amide bonds. The Morgan fingerprint density at radius 1 is 1.44 bits per heavy atom. The molecule has 1 rings (SSSR count). The molecule has 0 fully saturated rings. The van der Waals surface area contributed by atoms with Crippen molar-refractivity contribution in [2.24, 2.45) is 5.41 Å². The highest BCUT2D eigenvalue weighted by molar-refractivity contribution is 7.13. The zero-order chi connectivity index (χ0) is 13.8. The molecule has 0 saturated carbocycles. The van der Waals surface area contributed by atoms with Gasteiger partial charge < -0.3 is 10.1 Å². The molecule has 0 spiro atoms. The zero-order valence-electron chi connectivity index (χ0n) is 11.1. The van der Waals surface area contributed by atoms with Gasteiger partial charge in [0.15, 0.2) is 5.13 Å². The van der Waals surface area contributed by atoms with Gasteiger partial charge in [-0.3, -0.25) is 9.59 Å². The number of thiazole rings is 1. The van der Waals surface area contributed by atoms with Crippen molar-refractivity contribution >= 4 is 28.3 Å². The largest absolute Gasteiger partial charge is 0.469 e. The summed E-state index contributed by atoms with van der Waals surface area (Å²) in [5, 5.41) is 4.98. The van der Waals surface area contributed by atoms with E-state index in [1.54, 1.807) is 5.38 Å². The lowest BCUT2D eigenvalue weighted by Crippen LogP contribution is -2.19. The van der Waals surface area contributed by atoms with Gasteiger partial charge in [-0.1, -0.05) is 20.8 Å². The minimum atomic E-state index is -0.340. The maximum atomic E-state index is 11.7. The summed E-state index contributed by atoms with van der Waals surface area (Å²) >= 11 is 1.31. The number of nitrogens with one attached hydrogen (secondary N) is 1. The second-order valence-electron chi connectivity index (χ2n) is 5.18. The molecular weight excluding hydrogens is 252 g/mol. The van der Waals surface area contributed by atoms with Gasteiger partial charge in [0.2, 0.25) is 5.91 Å². The molecule has 0 radical (unpaired) electrons. The summed E-state index contributed by atoms with van der Waals surface area (Å²) in [4.78, 5) is 26.9. The summed E-state index contributed by atoms with van der Waals surface area (Å²) in [6, 6.07) is 0. The standard InChI is InChI=1S/C12H18N2O3S/c1-12(2,3)6-9(15)14-11-13-8(7-18-11)5-10(16)17-4/h7H,5-6H2,1-4H3,(H,13,14,15). The van der Waals surface area contributed by atoms with Gasteiger partial charge in [-0.15, -0.1) is 11.3 Å². The smallest absolute Gasteiger partial charge is 0.311 e. The molecule has 5 nitrogen and oxygen atoms in total. The van der Waals surface area contributed by atoms with Crippen molar-refractivity contribution in [3.8, 4) is 0 Å². The second kappa shape index (κ2) is 5.95. The lowest BCUT2D eigenvalue weighted by atomic mass is 9.92. The third-order valence-electron chi connectivity index (χ3n) is 2.04. The summed E-state index contributed by atoms with van der Waals surface area (Å²) in [6.45, 7) is 5.99. The normalized spacial score (nSPS) is 11.1. The number of carbonyl (C=O) groups excluding carboxylic acids is 2. The molecule has 0 aliphatic carbocycles. The summed E-state index contributed by atoms with van der Waals surface area (Å²) in [7, 11) is 1.33. The van der Waals surface area contributed by atoms with Gasteiger partial charge in [-0.25, -0.2) is 4.98 Å². The molecule has 18 heavy (non-hydrogen) atoms. The van der Waals surface area contributed by atoms with Gasteiger partial charge in [0.05, 0.1) is 19.2 Å². The van der Waals surface area contributed by atoms with E-state index in [1.807, 2.05) is 20.8 Å². The monoisotopic (exact) mass is 270 g/mol. The van der Waals surface area contributed by atoms with Crippen molar-refractivity contribution in [3.63, 3.8) is 0 Å². The fraction of sp³-hybridized carbons (Fsp3) is 0.583. The molecule has 0 unspecified atom stereocenters. The van der Waals surface area contributed by atoms with Crippen LogP contribution in [0.5, 0.6) is 0 Å². The molecule has 6 heteroatoms. The average Bonchev–Trinajstić information content (AvgIpc) is 2.62. The predicted octanol–water partition coefficient (Wildman–Crippen LogP) is 2.23. The second-order valence-corrected chi connectivity index (χ2v) is 6.04. The van der Waals surface area contributed by atoms with Gasteiger partial charge in [0, 0.05) is 11.8 Å². The van der Waals surface area contributed by atoms with Gasteiger partial charge in [0.1, 0.15) is 0 Å². The minimum Gasteiger partial charge on any atom is -0.469 e. The molecule has 1 aromatic rings. The molecule has 1 heterocycles. The Morgan fingerprint density at radius 2 is 2.11 bits per heavy atom. The average molecular weight is 270 g/mol. The van der Waals surface area contributed by atoms with E-state index in [0.717, 1.165) is 0 Å². The molecule has 0 aliphatic rings. The van der Waals surface area contributed by atoms with E-state index in [9.17, 15) is 9.59 Å². The van der Waals surface area contributed by atoms with E-state index in [4.69, 9.17) is 0 Å². The van der Waals surface area contributed by atoms with E-state index < -0.39 is 0 Å². The summed E-state index contributed by atoms with van der Waals surface area (Å²) < 4.78 is 4.55.